The molecule has 0 spiro atoms. The number of nitrogens with one attached hydrogen (secondary N) is 1. The normalized spacial score (nSPS) is 23.6. The van der Waals surface area contributed by atoms with Crippen LogP contribution >= 0.6 is 0 Å². The second kappa shape index (κ2) is 7.40. The number of ether oxygens (including phenoxy) is 1. The summed E-state index contributed by atoms with van der Waals surface area (Å²) in [6, 6.07) is 0.726. The van der Waals surface area contributed by atoms with E-state index < -0.39 is 11.7 Å². The summed E-state index contributed by atoms with van der Waals surface area (Å²) in [7, 11) is 0. The van der Waals surface area contributed by atoms with Gasteiger partial charge in [0.2, 0.25) is 11.7 Å². The van der Waals surface area contributed by atoms with E-state index in [9.17, 15) is 14.4 Å². The number of ketones is 1. The Morgan fingerprint density at radius 2 is 1.61 bits per heavy atom. The first kappa shape index (κ1) is 16.4. The van der Waals surface area contributed by atoms with Crippen molar-refractivity contribution in [3.63, 3.8) is 0 Å². The van der Waals surface area contributed by atoms with Crippen LogP contribution in [0.1, 0.15) is 25.7 Å². The molecule has 3 rings (SSSR count). The lowest BCUT2D eigenvalue weighted by molar-refractivity contribution is -0.143. The second-order valence-corrected chi connectivity index (χ2v) is 6.58. The Balaban J connectivity index is 1.38. The lowest BCUT2D eigenvalue weighted by Gasteiger charge is -2.34. The molecule has 0 unspecified atom stereocenters. The molecule has 0 aromatic heterocycles. The molecule has 7 nitrogen and oxygen atoms in total. The van der Waals surface area contributed by atoms with Crippen molar-refractivity contribution in [3.05, 3.63) is 0 Å². The Morgan fingerprint density at radius 3 is 2.22 bits per heavy atom. The zero-order valence-corrected chi connectivity index (χ0v) is 13.5. The van der Waals surface area contributed by atoms with Crippen LogP contribution in [-0.2, 0) is 19.1 Å². The van der Waals surface area contributed by atoms with Gasteiger partial charge >= 0.3 is 0 Å². The lowest BCUT2D eigenvalue weighted by Crippen LogP contribution is -2.52. The van der Waals surface area contributed by atoms with Gasteiger partial charge in [0.05, 0.1) is 6.54 Å². The van der Waals surface area contributed by atoms with Crippen LogP contribution in [0, 0.1) is 5.92 Å². The van der Waals surface area contributed by atoms with Gasteiger partial charge in [-0.15, -0.1) is 0 Å². The number of hydrogen-bond acceptors (Lipinski definition) is 5. The minimum Gasteiger partial charge on any atom is -0.381 e. The molecule has 3 aliphatic rings. The quantitative estimate of drug-likeness (QED) is 0.684. The van der Waals surface area contributed by atoms with Gasteiger partial charge in [0.15, 0.2) is 0 Å². The van der Waals surface area contributed by atoms with E-state index in [1.54, 1.807) is 4.90 Å². The Morgan fingerprint density at radius 1 is 0.957 bits per heavy atom. The van der Waals surface area contributed by atoms with Crippen LogP contribution in [-0.4, -0.2) is 79.4 Å². The summed E-state index contributed by atoms with van der Waals surface area (Å²) < 4.78 is 5.19. The fourth-order valence-electron chi connectivity index (χ4n) is 3.28. The van der Waals surface area contributed by atoms with E-state index in [0.717, 1.165) is 19.1 Å². The van der Waals surface area contributed by atoms with E-state index in [0.29, 0.717) is 39.1 Å². The largest absolute Gasteiger partial charge is 0.381 e. The van der Waals surface area contributed by atoms with Gasteiger partial charge in [0, 0.05) is 51.4 Å². The van der Waals surface area contributed by atoms with Crippen LogP contribution in [0.5, 0.6) is 0 Å². The number of amides is 2. The van der Waals surface area contributed by atoms with Crippen LogP contribution in [0.15, 0.2) is 0 Å². The van der Waals surface area contributed by atoms with Crippen molar-refractivity contribution in [1.29, 1.82) is 0 Å². The van der Waals surface area contributed by atoms with E-state index >= 15 is 0 Å². The highest BCUT2D eigenvalue weighted by atomic mass is 16.5. The number of Topliss-reactive ketones (excluding diaryl/α,β-unsaturated/α-hetero) is 1. The first-order valence-corrected chi connectivity index (χ1v) is 8.57. The number of carbonyl (C=O) groups excluding carboxylic acids is 3. The van der Waals surface area contributed by atoms with Gasteiger partial charge in [0.25, 0.3) is 5.91 Å². The van der Waals surface area contributed by atoms with Crippen LogP contribution in [0.3, 0.4) is 0 Å². The van der Waals surface area contributed by atoms with E-state index in [1.807, 2.05) is 0 Å². The standard InChI is InChI=1S/C16H25N3O4/c20-14(19-7-5-18(6-8-19)13-1-2-13)11-17-16(22)15(21)12-3-9-23-10-4-12/h12-13H,1-11H2,(H,17,22). The van der Waals surface area contributed by atoms with Gasteiger partial charge in [-0.3, -0.25) is 19.3 Å². The Hall–Kier alpha value is -1.47. The summed E-state index contributed by atoms with van der Waals surface area (Å²) >= 11 is 0. The predicted molar refractivity (Wildman–Crippen MR) is 82.7 cm³/mol. The maximum absolute atomic E-state index is 12.2. The van der Waals surface area contributed by atoms with Gasteiger partial charge in [-0.1, -0.05) is 0 Å². The summed E-state index contributed by atoms with van der Waals surface area (Å²) in [4.78, 5) is 40.3. The summed E-state index contributed by atoms with van der Waals surface area (Å²) in [5.74, 6) is -1.42. The van der Waals surface area contributed by atoms with Crippen molar-refractivity contribution in [1.82, 2.24) is 15.1 Å². The van der Waals surface area contributed by atoms with Crippen molar-refractivity contribution >= 4 is 17.6 Å². The molecule has 1 saturated carbocycles. The van der Waals surface area contributed by atoms with E-state index in [-0.39, 0.29) is 18.4 Å². The maximum atomic E-state index is 12.2. The maximum Gasteiger partial charge on any atom is 0.288 e. The first-order valence-electron chi connectivity index (χ1n) is 8.57. The molecule has 2 heterocycles. The number of piperazine rings is 1. The Kier molecular flexibility index (Phi) is 5.27. The highest BCUT2D eigenvalue weighted by Gasteiger charge is 2.32. The van der Waals surface area contributed by atoms with Crippen molar-refractivity contribution in [2.24, 2.45) is 5.92 Å². The molecular formula is C16H25N3O4. The lowest BCUT2D eigenvalue weighted by atomic mass is 9.95. The van der Waals surface area contributed by atoms with Crippen molar-refractivity contribution < 1.29 is 19.1 Å². The molecule has 0 atom stereocenters. The van der Waals surface area contributed by atoms with Crippen LogP contribution in [0.4, 0.5) is 0 Å². The molecule has 23 heavy (non-hydrogen) atoms. The third-order valence-electron chi connectivity index (χ3n) is 4.95. The fraction of sp³-hybridized carbons (Fsp3) is 0.812. The van der Waals surface area contributed by atoms with Crippen molar-refractivity contribution in [3.8, 4) is 0 Å². The van der Waals surface area contributed by atoms with Crippen molar-refractivity contribution in [2.45, 2.75) is 31.7 Å². The minimum absolute atomic E-state index is 0.0861. The van der Waals surface area contributed by atoms with Crippen LogP contribution < -0.4 is 5.32 Å². The molecule has 128 valence electrons. The Labute approximate surface area is 136 Å². The van der Waals surface area contributed by atoms with E-state index in [4.69, 9.17) is 4.74 Å². The molecule has 3 fully saturated rings. The second-order valence-electron chi connectivity index (χ2n) is 6.58. The summed E-state index contributed by atoms with van der Waals surface area (Å²) in [5.41, 5.74) is 0. The average Bonchev–Trinajstić information content (AvgIpc) is 3.44. The van der Waals surface area contributed by atoms with Gasteiger partial charge in [-0.2, -0.15) is 0 Å². The minimum atomic E-state index is -0.637. The highest BCUT2D eigenvalue weighted by molar-refractivity contribution is 6.37. The molecule has 0 aromatic carbocycles. The topological polar surface area (TPSA) is 79.0 Å². The summed E-state index contributed by atoms with van der Waals surface area (Å²) in [6.45, 7) is 4.19. The Bertz CT molecular complexity index is 464. The van der Waals surface area contributed by atoms with E-state index in [2.05, 4.69) is 10.2 Å². The fourth-order valence-corrected chi connectivity index (χ4v) is 3.28. The zero-order valence-electron chi connectivity index (χ0n) is 13.5. The van der Waals surface area contributed by atoms with Crippen molar-refractivity contribution in [2.75, 3.05) is 45.9 Å². The molecule has 1 aliphatic carbocycles. The van der Waals surface area contributed by atoms with Gasteiger partial charge in [-0.25, -0.2) is 0 Å². The number of nitrogens with zero attached hydrogens (tertiary/aromatic N) is 2. The number of carbonyl (C=O) groups is 3. The molecule has 1 N–H and O–H groups in total. The third kappa shape index (κ3) is 4.29. The molecule has 2 saturated heterocycles. The smallest absolute Gasteiger partial charge is 0.288 e. The van der Waals surface area contributed by atoms with Crippen LogP contribution in [0.25, 0.3) is 0 Å². The highest BCUT2D eigenvalue weighted by Crippen LogP contribution is 2.27. The monoisotopic (exact) mass is 323 g/mol. The summed E-state index contributed by atoms with van der Waals surface area (Å²) in [6.07, 6.45) is 3.73. The van der Waals surface area contributed by atoms with Gasteiger partial charge < -0.3 is 15.0 Å². The predicted octanol–water partition coefficient (Wildman–Crippen LogP) is -0.595. The van der Waals surface area contributed by atoms with Crippen LogP contribution in [0.2, 0.25) is 0 Å². The first-order chi connectivity index (χ1) is 11.1. The van der Waals surface area contributed by atoms with E-state index in [1.165, 1.54) is 12.8 Å². The molecule has 0 aromatic rings. The summed E-state index contributed by atoms with van der Waals surface area (Å²) in [5, 5.41) is 2.49. The molecule has 2 aliphatic heterocycles. The van der Waals surface area contributed by atoms with Gasteiger partial charge in [0.1, 0.15) is 0 Å². The zero-order chi connectivity index (χ0) is 16.2. The molecule has 0 radical (unpaired) electrons. The SMILES string of the molecule is O=C(NCC(=O)N1CCN(C2CC2)CC1)C(=O)C1CCOCC1. The molecule has 0 bridgehead atoms. The number of rotatable bonds is 5. The third-order valence-corrected chi connectivity index (χ3v) is 4.95. The number of hydrogen-bond donors (Lipinski definition) is 1. The molecular weight excluding hydrogens is 298 g/mol. The molecule has 7 heteroatoms. The van der Waals surface area contributed by atoms with Gasteiger partial charge in [-0.05, 0) is 25.7 Å². The average molecular weight is 323 g/mol. The molecule has 2 amide bonds.